The van der Waals surface area contributed by atoms with Crippen molar-refractivity contribution in [3.63, 3.8) is 0 Å². The third-order valence-electron chi connectivity index (χ3n) is 3.94. The van der Waals surface area contributed by atoms with Crippen molar-refractivity contribution >= 4 is 0 Å². The van der Waals surface area contributed by atoms with Crippen LogP contribution in [0.15, 0.2) is 24.3 Å². The predicted octanol–water partition coefficient (Wildman–Crippen LogP) is 6.03. The lowest BCUT2D eigenvalue weighted by Gasteiger charge is -2.18. The van der Waals surface area contributed by atoms with Crippen molar-refractivity contribution in [2.45, 2.75) is 77.6 Å². The second-order valence-electron chi connectivity index (χ2n) is 5.60. The van der Waals surface area contributed by atoms with Gasteiger partial charge in [-0.25, -0.2) is 0 Å². The molecule has 0 bridgehead atoms. The molecule has 108 valence electrons. The van der Waals surface area contributed by atoms with E-state index in [0.29, 0.717) is 11.7 Å². The molecule has 1 heteroatoms. The van der Waals surface area contributed by atoms with Crippen molar-refractivity contribution in [2.24, 2.45) is 0 Å². The second-order valence-corrected chi connectivity index (χ2v) is 5.60. The smallest absolute Gasteiger partial charge is 0.119 e. The Morgan fingerprint density at radius 3 is 2.05 bits per heavy atom. The van der Waals surface area contributed by atoms with Crippen molar-refractivity contribution in [3.05, 3.63) is 29.8 Å². The summed E-state index contributed by atoms with van der Waals surface area (Å²) >= 11 is 0. The number of para-hydroxylation sites is 1. The summed E-state index contributed by atoms with van der Waals surface area (Å²) in [5, 5.41) is 10.0. The molecule has 1 rings (SSSR count). The molecule has 0 saturated carbocycles. The Balaban J connectivity index is 2.55. The van der Waals surface area contributed by atoms with Gasteiger partial charge in [-0.1, -0.05) is 77.0 Å². The van der Waals surface area contributed by atoms with Gasteiger partial charge >= 0.3 is 0 Å². The van der Waals surface area contributed by atoms with Crippen molar-refractivity contribution < 1.29 is 5.11 Å². The van der Waals surface area contributed by atoms with Gasteiger partial charge in [0.15, 0.2) is 0 Å². The molecule has 1 atom stereocenters. The highest BCUT2D eigenvalue weighted by atomic mass is 16.3. The summed E-state index contributed by atoms with van der Waals surface area (Å²) < 4.78 is 0. The maximum atomic E-state index is 10.0. The monoisotopic (exact) mass is 262 g/mol. The topological polar surface area (TPSA) is 20.2 Å². The normalized spacial score (nSPS) is 12.5. The summed E-state index contributed by atoms with van der Waals surface area (Å²) in [7, 11) is 0. The van der Waals surface area contributed by atoms with Crippen LogP contribution in [0.25, 0.3) is 0 Å². The van der Waals surface area contributed by atoms with Gasteiger partial charge in [0.25, 0.3) is 0 Å². The Hall–Kier alpha value is -0.980. The van der Waals surface area contributed by atoms with E-state index in [1.54, 1.807) is 0 Å². The summed E-state index contributed by atoms with van der Waals surface area (Å²) in [6.07, 6.45) is 11.5. The molecule has 0 radical (unpaired) electrons. The summed E-state index contributed by atoms with van der Waals surface area (Å²) in [5.41, 5.74) is 1.16. The quantitative estimate of drug-likeness (QED) is 0.511. The molecular weight excluding hydrogens is 232 g/mol. The molecule has 1 unspecified atom stereocenters. The third-order valence-corrected chi connectivity index (χ3v) is 3.94. The molecule has 0 amide bonds. The standard InChI is InChI=1S/C18H30O/c1-3-5-7-9-13-16(12-8-6-4-2)17-14-10-11-15-18(17)19/h10-11,14-16,19H,3-9,12-13H2,1-2H3. The third kappa shape index (κ3) is 6.13. The zero-order chi connectivity index (χ0) is 13.9. The van der Waals surface area contributed by atoms with E-state index in [4.69, 9.17) is 0 Å². The minimum atomic E-state index is 0.486. The Labute approximate surface area is 119 Å². The van der Waals surface area contributed by atoms with Crippen molar-refractivity contribution in [3.8, 4) is 5.75 Å². The molecule has 0 saturated heterocycles. The van der Waals surface area contributed by atoms with Gasteiger partial charge in [0.2, 0.25) is 0 Å². The van der Waals surface area contributed by atoms with Crippen molar-refractivity contribution in [1.29, 1.82) is 0 Å². The van der Waals surface area contributed by atoms with Crippen LogP contribution in [0, 0.1) is 0 Å². The fourth-order valence-electron chi connectivity index (χ4n) is 2.75. The van der Waals surface area contributed by atoms with Crippen LogP contribution in [0.3, 0.4) is 0 Å². The maximum absolute atomic E-state index is 10.0. The summed E-state index contributed by atoms with van der Waals surface area (Å²) in [4.78, 5) is 0. The SMILES string of the molecule is CCCCCCC(CCCCC)c1ccccc1O. The first-order chi connectivity index (χ1) is 9.29. The molecule has 0 heterocycles. The average molecular weight is 262 g/mol. The molecule has 1 aromatic rings. The fraction of sp³-hybridized carbons (Fsp3) is 0.667. The minimum Gasteiger partial charge on any atom is -0.508 e. The molecule has 0 aliphatic heterocycles. The predicted molar refractivity (Wildman–Crippen MR) is 83.7 cm³/mol. The highest BCUT2D eigenvalue weighted by molar-refractivity contribution is 5.34. The van der Waals surface area contributed by atoms with E-state index in [-0.39, 0.29) is 0 Å². The largest absolute Gasteiger partial charge is 0.508 e. The van der Waals surface area contributed by atoms with Gasteiger partial charge in [0, 0.05) is 0 Å². The first kappa shape index (κ1) is 16.1. The highest BCUT2D eigenvalue weighted by Crippen LogP contribution is 2.33. The molecule has 19 heavy (non-hydrogen) atoms. The molecule has 0 aliphatic rings. The van der Waals surface area contributed by atoms with Gasteiger partial charge in [0.1, 0.15) is 5.75 Å². The fourth-order valence-corrected chi connectivity index (χ4v) is 2.75. The van der Waals surface area contributed by atoms with Crippen molar-refractivity contribution in [2.75, 3.05) is 0 Å². The number of rotatable bonds is 10. The molecular formula is C18H30O. The first-order valence-corrected chi connectivity index (χ1v) is 8.07. The number of hydrogen-bond donors (Lipinski definition) is 1. The van der Waals surface area contributed by atoms with Gasteiger partial charge in [-0.15, -0.1) is 0 Å². The van der Waals surface area contributed by atoms with Crippen LogP contribution < -0.4 is 0 Å². The molecule has 0 fully saturated rings. The van der Waals surface area contributed by atoms with Gasteiger partial charge < -0.3 is 5.11 Å². The van der Waals surface area contributed by atoms with Crippen LogP contribution in [0.4, 0.5) is 0 Å². The van der Waals surface area contributed by atoms with Gasteiger partial charge in [0.05, 0.1) is 0 Å². The van der Waals surface area contributed by atoms with Gasteiger partial charge in [-0.2, -0.15) is 0 Å². The zero-order valence-electron chi connectivity index (χ0n) is 12.7. The lowest BCUT2D eigenvalue weighted by molar-refractivity contribution is 0.441. The van der Waals surface area contributed by atoms with E-state index in [9.17, 15) is 5.11 Å². The Morgan fingerprint density at radius 2 is 1.42 bits per heavy atom. The van der Waals surface area contributed by atoms with Crippen LogP contribution in [-0.4, -0.2) is 5.11 Å². The van der Waals surface area contributed by atoms with E-state index in [2.05, 4.69) is 19.9 Å². The molecule has 0 aromatic heterocycles. The Morgan fingerprint density at radius 1 is 0.842 bits per heavy atom. The Kier molecular flexibility index (Phi) is 8.36. The number of aromatic hydroxyl groups is 1. The zero-order valence-corrected chi connectivity index (χ0v) is 12.7. The van der Waals surface area contributed by atoms with Crippen LogP contribution in [0.2, 0.25) is 0 Å². The number of phenolic OH excluding ortho intramolecular Hbond substituents is 1. The van der Waals surface area contributed by atoms with E-state index >= 15 is 0 Å². The summed E-state index contributed by atoms with van der Waals surface area (Å²) in [6.45, 7) is 4.50. The van der Waals surface area contributed by atoms with Crippen LogP contribution >= 0.6 is 0 Å². The molecule has 1 nitrogen and oxygen atoms in total. The minimum absolute atomic E-state index is 0.486. The van der Waals surface area contributed by atoms with E-state index in [1.165, 1.54) is 57.8 Å². The van der Waals surface area contributed by atoms with Gasteiger partial charge in [-0.05, 0) is 30.4 Å². The number of unbranched alkanes of at least 4 members (excludes halogenated alkanes) is 5. The van der Waals surface area contributed by atoms with E-state index in [1.807, 2.05) is 18.2 Å². The molecule has 0 spiro atoms. The second kappa shape index (κ2) is 9.89. The van der Waals surface area contributed by atoms with Crippen LogP contribution in [0.1, 0.15) is 83.1 Å². The molecule has 0 aliphatic carbocycles. The Bertz CT molecular complexity index is 332. The molecule has 1 aromatic carbocycles. The van der Waals surface area contributed by atoms with Crippen molar-refractivity contribution in [1.82, 2.24) is 0 Å². The highest BCUT2D eigenvalue weighted by Gasteiger charge is 2.14. The molecule has 1 N–H and O–H groups in total. The first-order valence-electron chi connectivity index (χ1n) is 8.07. The number of phenols is 1. The number of benzene rings is 1. The van der Waals surface area contributed by atoms with E-state index in [0.717, 1.165) is 5.56 Å². The summed E-state index contributed by atoms with van der Waals surface area (Å²) in [6, 6.07) is 7.90. The van der Waals surface area contributed by atoms with Gasteiger partial charge in [-0.3, -0.25) is 0 Å². The van der Waals surface area contributed by atoms with Crippen LogP contribution in [-0.2, 0) is 0 Å². The lowest BCUT2D eigenvalue weighted by Crippen LogP contribution is -2.00. The van der Waals surface area contributed by atoms with Crippen LogP contribution in [0.5, 0.6) is 5.75 Å². The summed E-state index contributed by atoms with van der Waals surface area (Å²) in [5.74, 6) is 1.03. The average Bonchev–Trinajstić information content (AvgIpc) is 2.42. The maximum Gasteiger partial charge on any atom is 0.119 e. The van der Waals surface area contributed by atoms with E-state index < -0.39 is 0 Å². The number of hydrogen-bond acceptors (Lipinski definition) is 1. The lowest BCUT2D eigenvalue weighted by atomic mass is 9.88.